The van der Waals surface area contributed by atoms with Crippen LogP contribution in [-0.4, -0.2) is 31.7 Å². The van der Waals surface area contributed by atoms with Crippen molar-refractivity contribution in [1.29, 1.82) is 0 Å². The van der Waals surface area contributed by atoms with Gasteiger partial charge in [-0.3, -0.25) is 14.5 Å². The van der Waals surface area contributed by atoms with Crippen molar-refractivity contribution in [1.82, 2.24) is 0 Å². The van der Waals surface area contributed by atoms with Crippen LogP contribution in [0.4, 0.5) is 17.1 Å². The summed E-state index contributed by atoms with van der Waals surface area (Å²) in [6.07, 6.45) is 0. The van der Waals surface area contributed by atoms with Crippen LogP contribution in [0.25, 0.3) is 10.8 Å². The summed E-state index contributed by atoms with van der Waals surface area (Å²) in [7, 11) is 3.99. The molecule has 6 heteroatoms. The minimum Gasteiger partial charge on any atom is -0.378 e. The fourth-order valence-corrected chi connectivity index (χ4v) is 5.42. The highest BCUT2D eigenvalue weighted by Crippen LogP contribution is 2.42. The maximum atomic E-state index is 13.1. The Morgan fingerprint density at radius 2 is 1.68 bits per heavy atom. The van der Waals surface area contributed by atoms with Crippen molar-refractivity contribution in [3.05, 3.63) is 102 Å². The van der Waals surface area contributed by atoms with E-state index in [0.717, 1.165) is 27.7 Å². The number of hydrogen-bond donors (Lipinski definition) is 1. The third-order valence-electron chi connectivity index (χ3n) is 5.98. The summed E-state index contributed by atoms with van der Waals surface area (Å²) in [5, 5.41) is 4.84. The van der Waals surface area contributed by atoms with Crippen LogP contribution in [0, 0.1) is 0 Å². The standard InChI is InChI=1S/C28H25N3O2S/c1-30(2)22-13-15-23(16-14-22)31-26(32)18-34-28(31)20-9-5-10-21(17-20)29-27(33)25-12-6-8-19-7-3-4-11-24(19)25/h3-17,28H,18H2,1-2H3,(H,29,33)/t28-/m0/s1. The van der Waals surface area contributed by atoms with Crippen molar-refractivity contribution < 1.29 is 9.59 Å². The molecule has 4 aromatic rings. The average Bonchev–Trinajstić information content (AvgIpc) is 3.25. The Bertz CT molecular complexity index is 1360. The van der Waals surface area contributed by atoms with Gasteiger partial charge in [-0.2, -0.15) is 0 Å². The van der Waals surface area contributed by atoms with E-state index >= 15 is 0 Å². The van der Waals surface area contributed by atoms with Gasteiger partial charge in [-0.1, -0.05) is 48.5 Å². The van der Waals surface area contributed by atoms with E-state index in [9.17, 15) is 9.59 Å². The molecule has 0 bridgehead atoms. The first-order chi connectivity index (χ1) is 16.5. The highest BCUT2D eigenvalue weighted by Gasteiger charge is 2.34. The average molecular weight is 468 g/mol. The monoisotopic (exact) mass is 467 g/mol. The van der Waals surface area contributed by atoms with Crippen LogP contribution in [0.5, 0.6) is 0 Å². The normalized spacial score (nSPS) is 15.5. The number of benzene rings is 4. The van der Waals surface area contributed by atoms with Crippen LogP contribution >= 0.6 is 11.8 Å². The Labute approximate surface area is 203 Å². The summed E-state index contributed by atoms with van der Waals surface area (Å²) in [5.41, 5.74) is 4.27. The van der Waals surface area contributed by atoms with Gasteiger partial charge >= 0.3 is 0 Å². The third-order valence-corrected chi connectivity index (χ3v) is 7.19. The van der Waals surface area contributed by atoms with E-state index in [4.69, 9.17) is 0 Å². The zero-order valence-electron chi connectivity index (χ0n) is 19.1. The predicted molar refractivity (Wildman–Crippen MR) is 142 cm³/mol. The molecule has 1 aliphatic heterocycles. The minimum atomic E-state index is -0.153. The maximum absolute atomic E-state index is 13.1. The molecule has 0 saturated carbocycles. The molecule has 0 aliphatic carbocycles. The van der Waals surface area contributed by atoms with Gasteiger partial charge in [-0.15, -0.1) is 11.8 Å². The molecule has 4 aromatic carbocycles. The molecule has 1 aliphatic rings. The number of anilines is 3. The van der Waals surface area contributed by atoms with E-state index in [0.29, 0.717) is 17.0 Å². The van der Waals surface area contributed by atoms with Crippen molar-refractivity contribution in [2.75, 3.05) is 35.0 Å². The van der Waals surface area contributed by atoms with Crippen molar-refractivity contribution >= 4 is 51.4 Å². The summed E-state index contributed by atoms with van der Waals surface area (Å²) in [5.74, 6) is 0.352. The molecule has 1 atom stereocenters. The molecule has 0 unspecified atom stereocenters. The number of carbonyl (C=O) groups is 2. The number of amides is 2. The molecule has 1 saturated heterocycles. The number of rotatable bonds is 5. The highest BCUT2D eigenvalue weighted by molar-refractivity contribution is 8.00. The van der Waals surface area contributed by atoms with Crippen LogP contribution in [0.3, 0.4) is 0 Å². The number of hydrogen-bond acceptors (Lipinski definition) is 4. The lowest BCUT2D eigenvalue weighted by molar-refractivity contribution is -0.115. The van der Waals surface area contributed by atoms with Crippen molar-refractivity contribution in [2.45, 2.75) is 5.37 Å². The molecular formula is C28H25N3O2S. The Hall–Kier alpha value is -3.77. The molecular weight excluding hydrogens is 442 g/mol. The van der Waals surface area contributed by atoms with Gasteiger partial charge in [0.05, 0.1) is 5.75 Å². The van der Waals surface area contributed by atoms with Crippen LogP contribution in [0.15, 0.2) is 91.0 Å². The van der Waals surface area contributed by atoms with E-state index in [1.54, 1.807) is 11.8 Å². The Balaban J connectivity index is 1.41. The number of thioether (sulfide) groups is 1. The largest absolute Gasteiger partial charge is 0.378 e. The zero-order chi connectivity index (χ0) is 23.7. The lowest BCUT2D eigenvalue weighted by Crippen LogP contribution is -2.27. The summed E-state index contributed by atoms with van der Waals surface area (Å²) < 4.78 is 0. The fourth-order valence-electron chi connectivity index (χ4n) is 4.25. The number of nitrogens with one attached hydrogen (secondary N) is 1. The molecule has 1 N–H and O–H groups in total. The second-order valence-electron chi connectivity index (χ2n) is 8.44. The SMILES string of the molecule is CN(C)c1ccc(N2C(=O)CS[C@H]2c2cccc(NC(=O)c3cccc4ccccc34)c2)cc1. The lowest BCUT2D eigenvalue weighted by Gasteiger charge is -2.25. The van der Waals surface area contributed by atoms with Crippen molar-refractivity contribution in [3.63, 3.8) is 0 Å². The van der Waals surface area contributed by atoms with E-state index in [1.807, 2.05) is 115 Å². The van der Waals surface area contributed by atoms with E-state index in [-0.39, 0.29) is 17.2 Å². The molecule has 0 radical (unpaired) electrons. The Morgan fingerprint density at radius 3 is 2.47 bits per heavy atom. The zero-order valence-corrected chi connectivity index (χ0v) is 19.9. The molecule has 0 spiro atoms. The first-order valence-electron chi connectivity index (χ1n) is 11.1. The first-order valence-corrected chi connectivity index (χ1v) is 12.2. The number of carbonyl (C=O) groups excluding carboxylic acids is 2. The second kappa shape index (κ2) is 9.23. The second-order valence-corrected chi connectivity index (χ2v) is 9.51. The number of nitrogens with zero attached hydrogens (tertiary/aromatic N) is 2. The van der Waals surface area contributed by atoms with Crippen LogP contribution in [0.2, 0.25) is 0 Å². The Kier molecular flexibility index (Phi) is 5.99. The van der Waals surface area contributed by atoms with Crippen LogP contribution in [-0.2, 0) is 4.79 Å². The molecule has 0 aromatic heterocycles. The first kappa shape index (κ1) is 22.0. The van der Waals surface area contributed by atoms with E-state index < -0.39 is 0 Å². The van der Waals surface area contributed by atoms with Gasteiger partial charge in [0, 0.05) is 36.7 Å². The van der Waals surface area contributed by atoms with E-state index in [2.05, 4.69) is 5.32 Å². The van der Waals surface area contributed by atoms with Crippen LogP contribution < -0.4 is 15.1 Å². The summed E-state index contributed by atoms with van der Waals surface area (Å²) in [4.78, 5) is 29.7. The Morgan fingerprint density at radius 1 is 0.941 bits per heavy atom. The third kappa shape index (κ3) is 4.24. The summed E-state index contributed by atoms with van der Waals surface area (Å²) in [6, 6.07) is 29.4. The van der Waals surface area contributed by atoms with E-state index in [1.165, 1.54) is 0 Å². The maximum Gasteiger partial charge on any atom is 0.256 e. The van der Waals surface area contributed by atoms with Gasteiger partial charge < -0.3 is 10.2 Å². The summed E-state index contributed by atoms with van der Waals surface area (Å²) >= 11 is 1.60. The molecule has 1 heterocycles. The minimum absolute atomic E-state index is 0.0813. The molecule has 34 heavy (non-hydrogen) atoms. The van der Waals surface area contributed by atoms with Crippen molar-refractivity contribution in [2.24, 2.45) is 0 Å². The van der Waals surface area contributed by atoms with Gasteiger partial charge in [0.1, 0.15) is 5.37 Å². The molecule has 5 rings (SSSR count). The topological polar surface area (TPSA) is 52.6 Å². The van der Waals surface area contributed by atoms with Crippen molar-refractivity contribution in [3.8, 4) is 0 Å². The lowest BCUT2D eigenvalue weighted by atomic mass is 10.0. The van der Waals surface area contributed by atoms with Gasteiger partial charge in [0.25, 0.3) is 5.91 Å². The number of fused-ring (bicyclic) bond motifs is 1. The smallest absolute Gasteiger partial charge is 0.256 e. The molecule has 2 amide bonds. The molecule has 5 nitrogen and oxygen atoms in total. The quantitative estimate of drug-likeness (QED) is 0.395. The molecule has 170 valence electrons. The van der Waals surface area contributed by atoms with Gasteiger partial charge in [0.15, 0.2) is 0 Å². The van der Waals surface area contributed by atoms with Gasteiger partial charge in [-0.05, 0) is 58.8 Å². The molecule has 1 fully saturated rings. The fraction of sp³-hybridized carbons (Fsp3) is 0.143. The van der Waals surface area contributed by atoms with Crippen LogP contribution in [0.1, 0.15) is 21.3 Å². The van der Waals surface area contributed by atoms with Gasteiger partial charge in [-0.25, -0.2) is 0 Å². The predicted octanol–water partition coefficient (Wildman–Crippen LogP) is 5.94. The summed E-state index contributed by atoms with van der Waals surface area (Å²) in [6.45, 7) is 0. The highest BCUT2D eigenvalue weighted by atomic mass is 32.2. The van der Waals surface area contributed by atoms with Gasteiger partial charge in [0.2, 0.25) is 5.91 Å².